The number of hydrogen-bond acceptors (Lipinski definition) is 3. The minimum atomic E-state index is -0.842. The van der Waals surface area contributed by atoms with Crippen LogP contribution in [0.4, 0.5) is 0 Å². The van der Waals surface area contributed by atoms with Crippen LogP contribution in [0.1, 0.15) is 28.9 Å². The third-order valence-corrected chi connectivity index (χ3v) is 2.28. The van der Waals surface area contributed by atoms with E-state index >= 15 is 0 Å². The van der Waals surface area contributed by atoms with Gasteiger partial charge in [0.25, 0.3) is 0 Å². The number of benzene rings is 1. The smallest absolute Gasteiger partial charge is 0.423 e. The summed E-state index contributed by atoms with van der Waals surface area (Å²) in [5.41, 5.74) is 2.28. The van der Waals surface area contributed by atoms with Crippen molar-refractivity contribution in [2.75, 3.05) is 0 Å². The maximum Gasteiger partial charge on any atom is 0.491 e. The van der Waals surface area contributed by atoms with Crippen molar-refractivity contribution in [1.29, 1.82) is 0 Å². The van der Waals surface area contributed by atoms with E-state index in [0.29, 0.717) is 5.56 Å². The van der Waals surface area contributed by atoms with Crippen LogP contribution in [0.3, 0.4) is 0 Å². The molecule has 1 unspecified atom stereocenters. The molecule has 0 saturated heterocycles. The lowest BCUT2D eigenvalue weighted by atomic mass is 9.79. The number of hydrogen-bond donors (Lipinski definition) is 1. The van der Waals surface area contributed by atoms with Gasteiger partial charge < -0.3 is 9.68 Å². The summed E-state index contributed by atoms with van der Waals surface area (Å²) in [5, 5.41) is 9.40. The molecule has 1 aliphatic rings. The van der Waals surface area contributed by atoms with E-state index in [4.69, 9.17) is 4.65 Å². The van der Waals surface area contributed by atoms with Gasteiger partial charge in [0.2, 0.25) is 0 Å². The zero-order valence-electron chi connectivity index (χ0n) is 7.23. The van der Waals surface area contributed by atoms with Gasteiger partial charge in [0.05, 0.1) is 6.10 Å². The Morgan fingerprint density at radius 1 is 1.62 bits per heavy atom. The molecule has 0 radical (unpaired) electrons. The third-order valence-electron chi connectivity index (χ3n) is 2.28. The summed E-state index contributed by atoms with van der Waals surface area (Å²) < 4.78 is 5.17. The fourth-order valence-electron chi connectivity index (χ4n) is 1.58. The van der Waals surface area contributed by atoms with Gasteiger partial charge in [-0.05, 0) is 24.0 Å². The molecule has 4 heteroatoms. The molecule has 2 rings (SSSR count). The first-order valence-corrected chi connectivity index (χ1v) is 4.15. The summed E-state index contributed by atoms with van der Waals surface area (Å²) in [7, 11) is -0.842. The molecule has 3 nitrogen and oxygen atoms in total. The van der Waals surface area contributed by atoms with Crippen LogP contribution in [0.15, 0.2) is 18.2 Å². The zero-order valence-corrected chi connectivity index (χ0v) is 7.23. The maximum absolute atomic E-state index is 10.5. The summed E-state index contributed by atoms with van der Waals surface area (Å²) >= 11 is 0. The molecule has 1 N–H and O–H groups in total. The van der Waals surface area contributed by atoms with E-state index < -0.39 is 7.12 Å². The molecular formula is C9H9BO3. The van der Waals surface area contributed by atoms with Gasteiger partial charge in [-0.25, -0.2) is 0 Å². The molecule has 1 aromatic rings. The summed E-state index contributed by atoms with van der Waals surface area (Å²) in [6.07, 6.45) is 0.655. The van der Waals surface area contributed by atoms with Crippen LogP contribution in [-0.4, -0.2) is 18.4 Å². The molecule has 0 amide bonds. The largest absolute Gasteiger partial charge is 0.491 e. The monoisotopic (exact) mass is 176 g/mol. The molecule has 0 aromatic heterocycles. The molecule has 1 heterocycles. The second-order valence-corrected chi connectivity index (χ2v) is 3.14. The van der Waals surface area contributed by atoms with Crippen LogP contribution in [-0.2, 0) is 4.65 Å². The first kappa shape index (κ1) is 8.47. The van der Waals surface area contributed by atoms with E-state index in [9.17, 15) is 9.82 Å². The normalized spacial score (nSPS) is 20.2. The van der Waals surface area contributed by atoms with E-state index in [1.807, 2.05) is 6.92 Å². The van der Waals surface area contributed by atoms with Gasteiger partial charge in [0, 0.05) is 5.56 Å². The molecule has 0 aliphatic carbocycles. The predicted octanol–water partition coefficient (Wildman–Crippen LogP) is 0.278. The van der Waals surface area contributed by atoms with Crippen LogP contribution in [0.5, 0.6) is 0 Å². The number of rotatable bonds is 1. The van der Waals surface area contributed by atoms with Gasteiger partial charge >= 0.3 is 7.12 Å². The van der Waals surface area contributed by atoms with Crippen molar-refractivity contribution in [3.63, 3.8) is 0 Å². The van der Waals surface area contributed by atoms with Crippen molar-refractivity contribution < 1.29 is 14.5 Å². The molecule has 1 atom stereocenters. The van der Waals surface area contributed by atoms with Gasteiger partial charge in [-0.1, -0.05) is 12.1 Å². The Labute approximate surface area is 76.5 Å². The summed E-state index contributed by atoms with van der Waals surface area (Å²) in [5.74, 6) is 0. The lowest BCUT2D eigenvalue weighted by Gasteiger charge is -2.03. The lowest BCUT2D eigenvalue weighted by molar-refractivity contribution is 0.112. The fourth-order valence-corrected chi connectivity index (χ4v) is 1.58. The molecule has 1 aromatic carbocycles. The highest BCUT2D eigenvalue weighted by molar-refractivity contribution is 6.61. The van der Waals surface area contributed by atoms with Gasteiger partial charge in [0.15, 0.2) is 0 Å². The van der Waals surface area contributed by atoms with Crippen molar-refractivity contribution in [2.24, 2.45) is 0 Å². The first-order valence-electron chi connectivity index (χ1n) is 4.15. The van der Waals surface area contributed by atoms with E-state index in [2.05, 4.69) is 0 Å². The molecule has 66 valence electrons. The molecule has 0 fully saturated rings. The van der Waals surface area contributed by atoms with Crippen molar-refractivity contribution >= 4 is 18.9 Å². The maximum atomic E-state index is 10.5. The van der Waals surface area contributed by atoms with Gasteiger partial charge in [-0.2, -0.15) is 0 Å². The number of carbonyl (C=O) groups excluding carboxylic acids is 1. The average Bonchev–Trinajstić information content (AvgIpc) is 2.42. The summed E-state index contributed by atoms with van der Waals surface area (Å²) in [6, 6.07) is 5.16. The van der Waals surface area contributed by atoms with Crippen LogP contribution in [0.2, 0.25) is 0 Å². The minimum Gasteiger partial charge on any atom is -0.423 e. The zero-order chi connectivity index (χ0) is 9.42. The molecular weight excluding hydrogens is 167 g/mol. The van der Waals surface area contributed by atoms with Crippen molar-refractivity contribution in [3.8, 4) is 0 Å². The molecule has 0 saturated carbocycles. The molecule has 1 aliphatic heterocycles. The SMILES string of the molecule is CC1OB(O)c2ccc(C=O)cc21. The number of aldehydes is 1. The Morgan fingerprint density at radius 2 is 2.38 bits per heavy atom. The van der Waals surface area contributed by atoms with Gasteiger partial charge in [-0.15, -0.1) is 0 Å². The van der Waals surface area contributed by atoms with Crippen LogP contribution in [0, 0.1) is 0 Å². The Balaban J connectivity index is 2.51. The lowest BCUT2D eigenvalue weighted by Crippen LogP contribution is -2.27. The number of carbonyl (C=O) groups is 1. The number of fused-ring (bicyclic) bond motifs is 1. The highest BCUT2D eigenvalue weighted by Gasteiger charge is 2.32. The predicted molar refractivity (Wildman–Crippen MR) is 48.9 cm³/mol. The van der Waals surface area contributed by atoms with Crippen molar-refractivity contribution in [3.05, 3.63) is 29.3 Å². The topological polar surface area (TPSA) is 46.5 Å². The van der Waals surface area contributed by atoms with Crippen molar-refractivity contribution in [1.82, 2.24) is 0 Å². The van der Waals surface area contributed by atoms with Crippen molar-refractivity contribution in [2.45, 2.75) is 13.0 Å². The average molecular weight is 176 g/mol. The molecule has 0 spiro atoms. The Kier molecular flexibility index (Phi) is 1.94. The van der Waals surface area contributed by atoms with E-state index in [1.54, 1.807) is 18.2 Å². The summed E-state index contributed by atoms with van der Waals surface area (Å²) in [4.78, 5) is 10.5. The quantitative estimate of drug-likeness (QED) is 0.493. The van der Waals surface area contributed by atoms with Gasteiger partial charge in [0.1, 0.15) is 6.29 Å². The van der Waals surface area contributed by atoms with Crippen LogP contribution >= 0.6 is 0 Å². The van der Waals surface area contributed by atoms with E-state index in [0.717, 1.165) is 17.3 Å². The second-order valence-electron chi connectivity index (χ2n) is 3.14. The third kappa shape index (κ3) is 1.28. The van der Waals surface area contributed by atoms with Crippen LogP contribution in [0.25, 0.3) is 0 Å². The fraction of sp³-hybridized carbons (Fsp3) is 0.222. The molecule has 13 heavy (non-hydrogen) atoms. The highest BCUT2D eigenvalue weighted by Crippen LogP contribution is 2.22. The Bertz CT molecular complexity index is 351. The van der Waals surface area contributed by atoms with Gasteiger partial charge in [-0.3, -0.25) is 4.79 Å². The van der Waals surface area contributed by atoms with E-state index in [-0.39, 0.29) is 6.10 Å². The standard InChI is InChI=1S/C9H9BO3/c1-6-8-4-7(5-11)2-3-9(8)10(12)13-6/h2-6,12H,1H3. The summed E-state index contributed by atoms with van der Waals surface area (Å²) in [6.45, 7) is 1.85. The Hall–Kier alpha value is -1.13. The first-order chi connectivity index (χ1) is 6.22. The van der Waals surface area contributed by atoms with E-state index in [1.165, 1.54) is 0 Å². The Morgan fingerprint density at radius 3 is 3.08 bits per heavy atom. The second kappa shape index (κ2) is 2.98. The molecule has 0 bridgehead atoms. The van der Waals surface area contributed by atoms with Crippen LogP contribution < -0.4 is 5.46 Å². The highest BCUT2D eigenvalue weighted by atomic mass is 16.5. The minimum absolute atomic E-state index is 0.134.